The monoisotopic (exact) mass is 374 g/mol. The van der Waals surface area contributed by atoms with E-state index in [0.717, 1.165) is 32.0 Å². The number of ether oxygens (including phenoxy) is 1. The van der Waals surface area contributed by atoms with Crippen LogP contribution in [0.5, 0.6) is 5.75 Å². The molecule has 7 heteroatoms. The number of carbonyl (C=O) groups is 1. The number of hydrogen-bond acceptors (Lipinski definition) is 5. The third-order valence-corrected chi connectivity index (χ3v) is 4.93. The molecule has 0 radical (unpaired) electrons. The molecule has 1 aromatic heterocycles. The van der Waals surface area contributed by atoms with Gasteiger partial charge in [0, 0.05) is 38.1 Å². The van der Waals surface area contributed by atoms with Gasteiger partial charge in [0.15, 0.2) is 0 Å². The molecular weight excluding hydrogens is 352 g/mol. The second kappa shape index (κ2) is 8.38. The van der Waals surface area contributed by atoms with E-state index in [1.807, 2.05) is 25.1 Å². The lowest BCUT2D eigenvalue weighted by Crippen LogP contribution is -2.53. The maximum atomic E-state index is 12.6. The summed E-state index contributed by atoms with van der Waals surface area (Å²) >= 11 is 6.12. The van der Waals surface area contributed by atoms with Gasteiger partial charge in [0.25, 0.3) is 0 Å². The molecule has 138 valence electrons. The van der Waals surface area contributed by atoms with Crippen LogP contribution in [-0.4, -0.2) is 55.1 Å². The van der Waals surface area contributed by atoms with E-state index >= 15 is 0 Å². The number of rotatable bonds is 5. The van der Waals surface area contributed by atoms with Crippen LogP contribution in [0.2, 0.25) is 5.02 Å². The van der Waals surface area contributed by atoms with Gasteiger partial charge in [0.2, 0.25) is 5.91 Å². The van der Waals surface area contributed by atoms with Gasteiger partial charge in [-0.15, -0.1) is 0 Å². The van der Waals surface area contributed by atoms with Gasteiger partial charge >= 0.3 is 0 Å². The summed E-state index contributed by atoms with van der Waals surface area (Å²) < 4.78 is 5.13. The number of pyridine rings is 1. The van der Waals surface area contributed by atoms with Gasteiger partial charge < -0.3 is 15.0 Å². The van der Waals surface area contributed by atoms with Crippen LogP contribution in [0.25, 0.3) is 0 Å². The van der Waals surface area contributed by atoms with E-state index in [-0.39, 0.29) is 11.9 Å². The highest BCUT2D eigenvalue weighted by molar-refractivity contribution is 6.32. The van der Waals surface area contributed by atoms with E-state index in [9.17, 15) is 4.79 Å². The van der Waals surface area contributed by atoms with E-state index in [2.05, 4.69) is 20.1 Å². The van der Waals surface area contributed by atoms with Crippen molar-refractivity contribution in [1.29, 1.82) is 0 Å². The Balaban J connectivity index is 1.55. The molecule has 1 N–H and O–H groups in total. The minimum atomic E-state index is -0.221. The van der Waals surface area contributed by atoms with Crippen LogP contribution in [-0.2, 0) is 4.79 Å². The molecule has 3 rings (SSSR count). The third-order valence-electron chi connectivity index (χ3n) is 4.63. The molecule has 2 heterocycles. The fourth-order valence-corrected chi connectivity index (χ4v) is 3.29. The molecule has 2 aromatic rings. The Kier molecular flexibility index (Phi) is 5.96. The van der Waals surface area contributed by atoms with Crippen molar-refractivity contribution in [2.75, 3.05) is 43.5 Å². The molecule has 1 saturated heterocycles. The molecule has 0 unspecified atom stereocenters. The number of nitrogens with one attached hydrogen (secondary N) is 1. The van der Waals surface area contributed by atoms with Gasteiger partial charge in [-0.3, -0.25) is 9.69 Å². The van der Waals surface area contributed by atoms with Gasteiger partial charge in [0.05, 0.1) is 18.2 Å². The molecule has 1 amide bonds. The number of benzene rings is 1. The first kappa shape index (κ1) is 18.5. The predicted molar refractivity (Wildman–Crippen MR) is 104 cm³/mol. The molecule has 0 spiro atoms. The highest BCUT2D eigenvalue weighted by atomic mass is 35.5. The largest absolute Gasteiger partial charge is 0.495 e. The van der Waals surface area contributed by atoms with Gasteiger partial charge in [-0.25, -0.2) is 4.98 Å². The SMILES string of the molecule is COc1ccc(NC(=O)[C@@H](C)N2CCN(c3ccccn3)CC2)cc1Cl. The first-order valence-corrected chi connectivity index (χ1v) is 9.00. The van der Waals surface area contributed by atoms with Gasteiger partial charge in [-0.2, -0.15) is 0 Å². The Morgan fingerprint density at radius 1 is 1.23 bits per heavy atom. The first-order valence-electron chi connectivity index (χ1n) is 8.63. The highest BCUT2D eigenvalue weighted by Crippen LogP contribution is 2.27. The zero-order valence-corrected chi connectivity index (χ0v) is 15.7. The third kappa shape index (κ3) is 4.26. The lowest BCUT2D eigenvalue weighted by atomic mass is 10.2. The maximum Gasteiger partial charge on any atom is 0.241 e. The normalized spacial score (nSPS) is 16.2. The summed E-state index contributed by atoms with van der Waals surface area (Å²) in [4.78, 5) is 21.4. The highest BCUT2D eigenvalue weighted by Gasteiger charge is 2.26. The molecule has 1 aliphatic rings. The summed E-state index contributed by atoms with van der Waals surface area (Å²) in [5.41, 5.74) is 0.666. The second-order valence-electron chi connectivity index (χ2n) is 6.23. The molecule has 1 aliphatic heterocycles. The predicted octanol–water partition coefficient (Wildman–Crippen LogP) is 2.89. The molecule has 6 nitrogen and oxygen atoms in total. The number of halogens is 1. The van der Waals surface area contributed by atoms with Gasteiger partial charge in [0.1, 0.15) is 11.6 Å². The summed E-state index contributed by atoms with van der Waals surface area (Å²) in [6, 6.07) is 10.9. The smallest absolute Gasteiger partial charge is 0.241 e. The maximum absolute atomic E-state index is 12.6. The van der Waals surface area contributed by atoms with Crippen molar-refractivity contribution in [1.82, 2.24) is 9.88 Å². The molecule has 1 aromatic carbocycles. The molecule has 1 atom stereocenters. The molecule has 0 bridgehead atoms. The van der Waals surface area contributed by atoms with E-state index in [4.69, 9.17) is 16.3 Å². The molecular formula is C19H23ClN4O2. The van der Waals surface area contributed by atoms with E-state index in [1.165, 1.54) is 0 Å². The summed E-state index contributed by atoms with van der Waals surface area (Å²) in [5, 5.41) is 3.40. The van der Waals surface area contributed by atoms with Crippen LogP contribution in [0.1, 0.15) is 6.92 Å². The molecule has 0 saturated carbocycles. The van der Waals surface area contributed by atoms with Gasteiger partial charge in [-0.05, 0) is 37.3 Å². The molecule has 1 fully saturated rings. The van der Waals surface area contributed by atoms with Crippen molar-refractivity contribution in [2.45, 2.75) is 13.0 Å². The van der Waals surface area contributed by atoms with Crippen LogP contribution in [0.4, 0.5) is 11.5 Å². The van der Waals surface area contributed by atoms with Crippen molar-refractivity contribution in [3.8, 4) is 5.75 Å². The topological polar surface area (TPSA) is 57.7 Å². The number of anilines is 2. The Bertz CT molecular complexity index is 748. The number of amides is 1. The summed E-state index contributed by atoms with van der Waals surface area (Å²) in [6.45, 7) is 5.26. The fraction of sp³-hybridized carbons (Fsp3) is 0.368. The number of methoxy groups -OCH3 is 1. The van der Waals surface area contributed by atoms with Crippen LogP contribution in [0, 0.1) is 0 Å². The Hall–Kier alpha value is -2.31. The number of aromatic nitrogens is 1. The quantitative estimate of drug-likeness (QED) is 0.872. The van der Waals surface area contributed by atoms with Gasteiger partial charge in [-0.1, -0.05) is 17.7 Å². The van der Waals surface area contributed by atoms with Crippen LogP contribution in [0.3, 0.4) is 0 Å². The number of carbonyl (C=O) groups excluding carboxylic acids is 1. The lowest BCUT2D eigenvalue weighted by molar-refractivity contribution is -0.120. The minimum absolute atomic E-state index is 0.0440. The van der Waals surface area contributed by atoms with Crippen molar-refractivity contribution < 1.29 is 9.53 Å². The Morgan fingerprint density at radius 2 is 2.00 bits per heavy atom. The zero-order valence-electron chi connectivity index (χ0n) is 15.0. The van der Waals surface area contributed by atoms with E-state index in [0.29, 0.717) is 16.5 Å². The molecule has 0 aliphatic carbocycles. The average molecular weight is 375 g/mol. The van der Waals surface area contributed by atoms with E-state index < -0.39 is 0 Å². The molecule has 26 heavy (non-hydrogen) atoms. The van der Waals surface area contributed by atoms with Crippen molar-refractivity contribution in [2.24, 2.45) is 0 Å². The summed E-state index contributed by atoms with van der Waals surface area (Å²) in [6.07, 6.45) is 1.80. The minimum Gasteiger partial charge on any atom is -0.495 e. The van der Waals surface area contributed by atoms with Crippen molar-refractivity contribution in [3.05, 3.63) is 47.6 Å². The Labute approximate surface area is 158 Å². The van der Waals surface area contributed by atoms with Crippen molar-refractivity contribution in [3.63, 3.8) is 0 Å². The number of nitrogens with zero attached hydrogens (tertiary/aromatic N) is 3. The van der Waals surface area contributed by atoms with Crippen LogP contribution < -0.4 is 15.0 Å². The van der Waals surface area contributed by atoms with Crippen molar-refractivity contribution >= 4 is 29.0 Å². The zero-order chi connectivity index (χ0) is 18.5. The van der Waals surface area contributed by atoms with E-state index in [1.54, 1.807) is 31.5 Å². The van der Waals surface area contributed by atoms with Crippen LogP contribution >= 0.6 is 11.6 Å². The number of piperazine rings is 1. The average Bonchev–Trinajstić information content (AvgIpc) is 2.68. The second-order valence-corrected chi connectivity index (χ2v) is 6.63. The fourth-order valence-electron chi connectivity index (χ4n) is 3.04. The lowest BCUT2D eigenvalue weighted by Gasteiger charge is -2.37. The Morgan fingerprint density at radius 3 is 2.62 bits per heavy atom. The van der Waals surface area contributed by atoms with Crippen LogP contribution in [0.15, 0.2) is 42.6 Å². The summed E-state index contributed by atoms with van der Waals surface area (Å²) in [7, 11) is 1.56. The standard InChI is InChI=1S/C19H23ClN4O2/c1-14(19(25)22-15-6-7-17(26-2)16(20)13-15)23-9-11-24(12-10-23)18-5-3-4-8-21-18/h3-8,13-14H,9-12H2,1-2H3,(H,22,25)/t14-/m1/s1. The summed E-state index contributed by atoms with van der Waals surface area (Å²) in [5.74, 6) is 1.53. The number of hydrogen-bond donors (Lipinski definition) is 1. The first-order chi connectivity index (χ1) is 12.6.